The lowest BCUT2D eigenvalue weighted by atomic mass is 9.94. The lowest BCUT2D eigenvalue weighted by molar-refractivity contribution is -0.143. The van der Waals surface area contributed by atoms with Crippen molar-refractivity contribution in [3.63, 3.8) is 0 Å². The fourth-order valence-electron chi connectivity index (χ4n) is 3.97. The molecule has 0 aliphatic carbocycles. The van der Waals surface area contributed by atoms with Gasteiger partial charge in [-0.3, -0.25) is 9.78 Å². The van der Waals surface area contributed by atoms with E-state index in [2.05, 4.69) is 15.3 Å². The molecule has 9 heteroatoms. The molecule has 3 heterocycles. The summed E-state index contributed by atoms with van der Waals surface area (Å²) in [5, 5.41) is 6.21. The standard InChI is InChI=1S/C26H27ClN4O3S/c1-16(2)34-25(33)23-17(3)30-26-31(24(23)18-7-9-19(27)10-8-18)21(15-35-26)14-22(32)29-13-11-20-6-4-5-12-28-20/h4-10,12,15-16,24H,11,13-14H2,1-3H3,(H,29,32)/t24-/m0/s1. The molecule has 2 aliphatic rings. The van der Waals surface area contributed by atoms with E-state index in [1.54, 1.807) is 18.3 Å². The zero-order chi connectivity index (χ0) is 24.9. The van der Waals surface area contributed by atoms with Gasteiger partial charge in [0.2, 0.25) is 5.91 Å². The van der Waals surface area contributed by atoms with Crippen molar-refractivity contribution in [3.05, 3.63) is 87.3 Å². The molecular formula is C26H27ClN4O3S. The predicted octanol–water partition coefficient (Wildman–Crippen LogP) is 5.01. The zero-order valence-electron chi connectivity index (χ0n) is 19.8. The Labute approximate surface area is 214 Å². The number of carbonyl (C=O) groups is 2. The van der Waals surface area contributed by atoms with Gasteiger partial charge in [0.05, 0.1) is 29.8 Å². The van der Waals surface area contributed by atoms with Gasteiger partial charge in [-0.15, -0.1) is 0 Å². The van der Waals surface area contributed by atoms with Crippen LogP contribution in [0.5, 0.6) is 0 Å². The van der Waals surface area contributed by atoms with E-state index < -0.39 is 12.0 Å². The molecular weight excluding hydrogens is 484 g/mol. The molecule has 0 unspecified atom stereocenters. The number of hydrogen-bond donors (Lipinski definition) is 1. The highest BCUT2D eigenvalue weighted by atomic mass is 35.5. The van der Waals surface area contributed by atoms with Crippen molar-refractivity contribution in [2.45, 2.75) is 45.8 Å². The number of rotatable bonds is 8. The summed E-state index contributed by atoms with van der Waals surface area (Å²) in [6.45, 7) is 5.93. The van der Waals surface area contributed by atoms with Crippen molar-refractivity contribution >= 4 is 40.4 Å². The van der Waals surface area contributed by atoms with Gasteiger partial charge in [-0.1, -0.05) is 41.6 Å². The number of halogens is 1. The second kappa shape index (κ2) is 11.1. The van der Waals surface area contributed by atoms with Gasteiger partial charge >= 0.3 is 5.97 Å². The molecule has 0 spiro atoms. The maximum Gasteiger partial charge on any atom is 0.338 e. The summed E-state index contributed by atoms with van der Waals surface area (Å²) in [5.41, 5.74) is 3.61. The molecule has 2 aliphatic heterocycles. The number of fused-ring (bicyclic) bond motifs is 1. The lowest BCUT2D eigenvalue weighted by Gasteiger charge is -2.36. The van der Waals surface area contributed by atoms with Crippen LogP contribution in [0.3, 0.4) is 0 Å². The third-order valence-corrected chi connectivity index (χ3v) is 6.66. The Morgan fingerprint density at radius 2 is 1.97 bits per heavy atom. The molecule has 0 saturated carbocycles. The second-order valence-electron chi connectivity index (χ2n) is 8.50. The average molecular weight is 511 g/mol. The average Bonchev–Trinajstić information content (AvgIpc) is 3.20. The highest BCUT2D eigenvalue weighted by Crippen LogP contribution is 2.45. The Morgan fingerprint density at radius 1 is 1.20 bits per heavy atom. The van der Waals surface area contributed by atoms with Crippen LogP contribution in [0.4, 0.5) is 0 Å². The molecule has 0 saturated heterocycles. The minimum absolute atomic E-state index is 0.110. The number of allylic oxidation sites excluding steroid dienone is 1. The van der Waals surface area contributed by atoms with Crippen LogP contribution in [0, 0.1) is 0 Å². The Morgan fingerprint density at radius 3 is 2.66 bits per heavy atom. The number of benzene rings is 1. The zero-order valence-corrected chi connectivity index (χ0v) is 21.4. The molecule has 1 aromatic carbocycles. The first-order valence-electron chi connectivity index (χ1n) is 11.4. The van der Waals surface area contributed by atoms with Gasteiger partial charge in [0.25, 0.3) is 0 Å². The first kappa shape index (κ1) is 25.0. The monoisotopic (exact) mass is 510 g/mol. The number of aliphatic imine (C=N–C) groups is 1. The van der Waals surface area contributed by atoms with Gasteiger partial charge in [0.15, 0.2) is 5.17 Å². The largest absolute Gasteiger partial charge is 0.459 e. The summed E-state index contributed by atoms with van der Waals surface area (Å²) in [5.74, 6) is -0.530. The summed E-state index contributed by atoms with van der Waals surface area (Å²) in [6.07, 6.45) is 2.27. The third kappa shape index (κ3) is 5.94. The van der Waals surface area contributed by atoms with E-state index in [9.17, 15) is 9.59 Å². The van der Waals surface area contributed by atoms with Crippen LogP contribution in [-0.2, 0) is 20.7 Å². The van der Waals surface area contributed by atoms with Crippen LogP contribution in [0.2, 0.25) is 5.02 Å². The molecule has 4 rings (SSSR count). The van der Waals surface area contributed by atoms with Crippen molar-refractivity contribution in [2.75, 3.05) is 6.54 Å². The van der Waals surface area contributed by atoms with E-state index >= 15 is 0 Å². The minimum Gasteiger partial charge on any atom is -0.459 e. The fourth-order valence-corrected chi connectivity index (χ4v) is 5.06. The topological polar surface area (TPSA) is 83.9 Å². The van der Waals surface area contributed by atoms with Gasteiger partial charge in [-0.2, -0.15) is 0 Å². The highest BCUT2D eigenvalue weighted by Gasteiger charge is 2.41. The van der Waals surface area contributed by atoms with Crippen LogP contribution in [0.25, 0.3) is 0 Å². The van der Waals surface area contributed by atoms with E-state index in [0.717, 1.165) is 22.1 Å². The number of hydrogen-bond acceptors (Lipinski definition) is 7. The normalized spacial score (nSPS) is 17.2. The summed E-state index contributed by atoms with van der Waals surface area (Å²) in [4.78, 5) is 36.9. The van der Waals surface area contributed by atoms with Crippen LogP contribution in [0.1, 0.15) is 44.5 Å². The number of amides is 1. The SMILES string of the molecule is CC1=C(C(=O)OC(C)C)[C@H](c2ccc(Cl)cc2)N2C(CC(=O)NCCc3ccccn3)=CSC2=N1. The first-order chi connectivity index (χ1) is 16.8. The fraction of sp³-hybridized carbons (Fsp3) is 0.308. The van der Waals surface area contributed by atoms with Gasteiger partial charge in [0.1, 0.15) is 0 Å². The van der Waals surface area contributed by atoms with Crippen LogP contribution in [-0.4, -0.2) is 39.6 Å². The Balaban J connectivity index is 1.55. The number of esters is 1. The summed E-state index contributed by atoms with van der Waals surface area (Å²) >= 11 is 7.58. The molecule has 182 valence electrons. The lowest BCUT2D eigenvalue weighted by Crippen LogP contribution is -2.38. The van der Waals surface area contributed by atoms with E-state index in [4.69, 9.17) is 16.3 Å². The summed E-state index contributed by atoms with van der Waals surface area (Å²) < 4.78 is 5.57. The predicted molar refractivity (Wildman–Crippen MR) is 139 cm³/mol. The molecule has 1 aromatic heterocycles. The van der Waals surface area contributed by atoms with Gasteiger partial charge in [-0.25, -0.2) is 9.79 Å². The number of amidine groups is 1. The quantitative estimate of drug-likeness (QED) is 0.502. The molecule has 0 bridgehead atoms. The Kier molecular flexibility index (Phi) is 7.93. The smallest absolute Gasteiger partial charge is 0.338 e. The van der Waals surface area contributed by atoms with E-state index in [0.29, 0.717) is 29.3 Å². The Hall–Kier alpha value is -3.10. The molecule has 2 aromatic rings. The van der Waals surface area contributed by atoms with Crippen molar-refractivity contribution in [1.82, 2.24) is 15.2 Å². The second-order valence-corrected chi connectivity index (χ2v) is 9.77. The number of nitrogens with one attached hydrogen (secondary N) is 1. The van der Waals surface area contributed by atoms with Crippen molar-refractivity contribution in [2.24, 2.45) is 4.99 Å². The third-order valence-electron chi connectivity index (χ3n) is 5.52. The van der Waals surface area contributed by atoms with Gasteiger partial charge < -0.3 is 15.0 Å². The number of thioether (sulfide) groups is 1. The van der Waals surface area contributed by atoms with E-state index in [-0.39, 0.29) is 18.4 Å². The first-order valence-corrected chi connectivity index (χ1v) is 12.7. The van der Waals surface area contributed by atoms with Crippen LogP contribution < -0.4 is 5.32 Å². The number of pyridine rings is 1. The minimum atomic E-state index is -0.478. The summed E-state index contributed by atoms with van der Waals surface area (Å²) in [7, 11) is 0. The number of carbonyl (C=O) groups excluding carboxylic acids is 2. The van der Waals surface area contributed by atoms with E-state index in [1.165, 1.54) is 11.8 Å². The van der Waals surface area contributed by atoms with E-state index in [1.807, 2.05) is 61.4 Å². The molecule has 1 amide bonds. The molecule has 1 atom stereocenters. The van der Waals surface area contributed by atoms with Crippen molar-refractivity contribution < 1.29 is 14.3 Å². The number of aromatic nitrogens is 1. The molecule has 1 N–H and O–H groups in total. The van der Waals surface area contributed by atoms with Crippen molar-refractivity contribution in [1.29, 1.82) is 0 Å². The van der Waals surface area contributed by atoms with Gasteiger partial charge in [-0.05, 0) is 56.0 Å². The number of nitrogens with zero attached hydrogens (tertiary/aromatic N) is 3. The van der Waals surface area contributed by atoms with Gasteiger partial charge in [0, 0.05) is 35.6 Å². The maximum atomic E-state index is 13.1. The van der Waals surface area contributed by atoms with Crippen LogP contribution in [0.15, 0.2) is 76.0 Å². The maximum absolute atomic E-state index is 13.1. The van der Waals surface area contributed by atoms with Crippen LogP contribution >= 0.6 is 23.4 Å². The molecule has 0 radical (unpaired) electrons. The molecule has 7 nitrogen and oxygen atoms in total. The molecule has 35 heavy (non-hydrogen) atoms. The van der Waals surface area contributed by atoms with Crippen molar-refractivity contribution in [3.8, 4) is 0 Å². The summed E-state index contributed by atoms with van der Waals surface area (Å²) in [6, 6.07) is 12.6. The Bertz CT molecular complexity index is 1190. The number of ether oxygens (including phenoxy) is 1. The molecule has 0 fully saturated rings. The highest BCUT2D eigenvalue weighted by molar-refractivity contribution is 8.16.